The zero-order chi connectivity index (χ0) is 18.7. The summed E-state index contributed by atoms with van der Waals surface area (Å²) in [7, 11) is 0. The first-order chi connectivity index (χ1) is 12.3. The molecule has 1 amide bonds. The molecule has 2 aromatic rings. The molecule has 0 aromatic heterocycles. The third kappa shape index (κ3) is 4.01. The summed E-state index contributed by atoms with van der Waals surface area (Å²) in [5.74, 6) is 0.575. The van der Waals surface area contributed by atoms with Gasteiger partial charge in [-0.15, -0.1) is 0 Å². The van der Waals surface area contributed by atoms with Gasteiger partial charge in [-0.25, -0.2) is 0 Å². The fraction of sp³-hybridized carbons (Fsp3) is 0.278. The van der Waals surface area contributed by atoms with Crippen molar-refractivity contribution in [3.8, 4) is 11.5 Å². The Bertz CT molecular complexity index is 809. The molecule has 138 valence electrons. The van der Waals surface area contributed by atoms with Crippen molar-refractivity contribution in [3.05, 3.63) is 48.0 Å². The first-order valence-electron chi connectivity index (χ1n) is 7.98. The number of ether oxygens (including phenoxy) is 2. The second-order valence-corrected chi connectivity index (χ2v) is 5.76. The maximum Gasteiger partial charge on any atom is 0.418 e. The van der Waals surface area contributed by atoms with Crippen molar-refractivity contribution in [2.75, 3.05) is 23.8 Å². The van der Waals surface area contributed by atoms with Gasteiger partial charge in [0.1, 0.15) is 19.3 Å². The number of alkyl halides is 3. The summed E-state index contributed by atoms with van der Waals surface area (Å²) < 4.78 is 49.9. The Balaban J connectivity index is 1.69. The van der Waals surface area contributed by atoms with Crippen LogP contribution in [0.15, 0.2) is 42.5 Å². The molecule has 3 rings (SSSR count). The predicted molar refractivity (Wildman–Crippen MR) is 90.6 cm³/mol. The zero-order valence-electron chi connectivity index (χ0n) is 13.9. The average molecular weight is 366 g/mol. The first-order valence-corrected chi connectivity index (χ1v) is 7.98. The lowest BCUT2D eigenvalue weighted by atomic mass is 10.1. The summed E-state index contributed by atoms with van der Waals surface area (Å²) in [6.07, 6.45) is -4.55. The van der Waals surface area contributed by atoms with Crippen molar-refractivity contribution < 1.29 is 27.4 Å². The molecule has 1 aliphatic heterocycles. The second kappa shape index (κ2) is 7.15. The predicted octanol–water partition coefficient (Wildman–Crippen LogP) is 3.92. The number of nitrogens with one attached hydrogen (secondary N) is 2. The Labute approximate surface area is 148 Å². The number of anilines is 2. The molecule has 2 aromatic carbocycles. The van der Waals surface area contributed by atoms with Gasteiger partial charge in [0.05, 0.1) is 11.3 Å². The molecule has 0 saturated heterocycles. The van der Waals surface area contributed by atoms with Crippen LogP contribution in [0.1, 0.15) is 12.5 Å². The Morgan fingerprint density at radius 3 is 2.50 bits per heavy atom. The summed E-state index contributed by atoms with van der Waals surface area (Å²) in [6, 6.07) is 9.19. The van der Waals surface area contributed by atoms with Gasteiger partial charge in [-0.2, -0.15) is 13.2 Å². The van der Waals surface area contributed by atoms with Crippen molar-refractivity contribution >= 4 is 17.3 Å². The molecule has 0 bridgehead atoms. The Kier molecular flexibility index (Phi) is 4.92. The number of halogens is 3. The van der Waals surface area contributed by atoms with Crippen molar-refractivity contribution in [2.45, 2.75) is 19.1 Å². The smallest absolute Gasteiger partial charge is 0.418 e. The minimum Gasteiger partial charge on any atom is -0.486 e. The van der Waals surface area contributed by atoms with Crippen molar-refractivity contribution in [3.63, 3.8) is 0 Å². The summed E-state index contributed by atoms with van der Waals surface area (Å²) in [5.41, 5.74) is -0.568. The van der Waals surface area contributed by atoms with Crippen molar-refractivity contribution in [1.29, 1.82) is 0 Å². The molecule has 26 heavy (non-hydrogen) atoms. The summed E-state index contributed by atoms with van der Waals surface area (Å²) in [6.45, 7) is 2.46. The molecule has 0 radical (unpaired) electrons. The van der Waals surface area contributed by atoms with E-state index in [4.69, 9.17) is 9.47 Å². The zero-order valence-corrected chi connectivity index (χ0v) is 13.9. The molecule has 0 unspecified atom stereocenters. The van der Waals surface area contributed by atoms with Crippen molar-refractivity contribution in [1.82, 2.24) is 0 Å². The average Bonchev–Trinajstić information content (AvgIpc) is 2.61. The van der Waals surface area contributed by atoms with E-state index in [1.165, 1.54) is 18.2 Å². The SMILES string of the molecule is C[C@H](Nc1ccc2c(c1)OCCO2)C(=O)Nc1ccccc1C(F)(F)F. The highest BCUT2D eigenvalue weighted by Gasteiger charge is 2.33. The van der Waals surface area contributed by atoms with Gasteiger partial charge < -0.3 is 20.1 Å². The highest BCUT2D eigenvalue weighted by Crippen LogP contribution is 2.35. The number of benzene rings is 2. The van der Waals surface area contributed by atoms with Crippen LogP contribution < -0.4 is 20.1 Å². The number of hydrogen-bond acceptors (Lipinski definition) is 4. The third-order valence-corrected chi connectivity index (χ3v) is 3.81. The molecule has 2 N–H and O–H groups in total. The van der Waals surface area contributed by atoms with Gasteiger partial charge in [0, 0.05) is 11.8 Å². The quantitative estimate of drug-likeness (QED) is 0.861. The number of para-hydroxylation sites is 1. The van der Waals surface area contributed by atoms with E-state index >= 15 is 0 Å². The van der Waals surface area contributed by atoms with E-state index in [0.717, 1.165) is 6.07 Å². The minimum atomic E-state index is -4.55. The first kappa shape index (κ1) is 17.9. The van der Waals surface area contributed by atoms with Gasteiger partial charge in [-0.05, 0) is 31.2 Å². The van der Waals surface area contributed by atoms with Gasteiger partial charge >= 0.3 is 6.18 Å². The summed E-state index contributed by atoms with van der Waals surface area (Å²) >= 11 is 0. The second-order valence-electron chi connectivity index (χ2n) is 5.76. The molecule has 5 nitrogen and oxygen atoms in total. The van der Waals surface area contributed by atoms with Crippen LogP contribution in [0.25, 0.3) is 0 Å². The number of rotatable bonds is 4. The van der Waals surface area contributed by atoms with E-state index in [1.807, 2.05) is 0 Å². The molecular weight excluding hydrogens is 349 g/mol. The number of hydrogen-bond donors (Lipinski definition) is 2. The van der Waals surface area contributed by atoms with Crippen LogP contribution in [0.5, 0.6) is 11.5 Å². The largest absolute Gasteiger partial charge is 0.486 e. The normalized spacial score (nSPS) is 14.5. The summed E-state index contributed by atoms with van der Waals surface area (Å²) in [5, 5.41) is 5.26. The van der Waals surface area contributed by atoms with Crippen LogP contribution in [-0.4, -0.2) is 25.2 Å². The highest BCUT2D eigenvalue weighted by molar-refractivity contribution is 5.97. The molecule has 0 spiro atoms. The highest BCUT2D eigenvalue weighted by atomic mass is 19.4. The number of carbonyl (C=O) groups excluding carboxylic acids is 1. The molecule has 0 fully saturated rings. The fourth-order valence-corrected chi connectivity index (χ4v) is 2.53. The molecule has 1 atom stereocenters. The minimum absolute atomic E-state index is 0.277. The van der Waals surface area contributed by atoms with Crippen LogP contribution >= 0.6 is 0 Å². The van der Waals surface area contributed by atoms with Crippen molar-refractivity contribution in [2.24, 2.45) is 0 Å². The molecule has 0 saturated carbocycles. The van der Waals surface area contributed by atoms with Gasteiger partial charge in [0.2, 0.25) is 5.91 Å². The van der Waals surface area contributed by atoms with Gasteiger partial charge in [0.15, 0.2) is 11.5 Å². The Morgan fingerprint density at radius 1 is 1.08 bits per heavy atom. The van der Waals surface area contributed by atoms with Crippen LogP contribution in [-0.2, 0) is 11.0 Å². The monoisotopic (exact) mass is 366 g/mol. The number of carbonyl (C=O) groups is 1. The molecular formula is C18H17F3N2O3. The van der Waals surface area contributed by atoms with E-state index in [9.17, 15) is 18.0 Å². The number of amides is 1. The van der Waals surface area contributed by atoms with E-state index in [0.29, 0.717) is 30.4 Å². The van der Waals surface area contributed by atoms with Crippen LogP contribution in [0, 0.1) is 0 Å². The molecule has 1 aliphatic rings. The maximum absolute atomic E-state index is 13.0. The maximum atomic E-state index is 13.0. The van der Waals surface area contributed by atoms with E-state index < -0.39 is 23.7 Å². The Morgan fingerprint density at radius 2 is 1.77 bits per heavy atom. The molecule has 0 aliphatic carbocycles. The molecule has 8 heteroatoms. The lowest BCUT2D eigenvalue weighted by molar-refractivity contribution is -0.137. The lowest BCUT2D eigenvalue weighted by Crippen LogP contribution is -2.32. The lowest BCUT2D eigenvalue weighted by Gasteiger charge is -2.21. The summed E-state index contributed by atoms with van der Waals surface area (Å²) in [4.78, 5) is 12.3. The Hall–Kier alpha value is -2.90. The van der Waals surface area contributed by atoms with Gasteiger partial charge in [-0.3, -0.25) is 4.79 Å². The van der Waals surface area contributed by atoms with Crippen LogP contribution in [0.3, 0.4) is 0 Å². The van der Waals surface area contributed by atoms with E-state index in [1.54, 1.807) is 25.1 Å². The fourth-order valence-electron chi connectivity index (χ4n) is 2.53. The van der Waals surface area contributed by atoms with Crippen LogP contribution in [0.4, 0.5) is 24.5 Å². The van der Waals surface area contributed by atoms with Crippen LogP contribution in [0.2, 0.25) is 0 Å². The third-order valence-electron chi connectivity index (χ3n) is 3.81. The molecule has 1 heterocycles. The van der Waals surface area contributed by atoms with Gasteiger partial charge in [-0.1, -0.05) is 12.1 Å². The standard InChI is InChI=1S/C18H17F3N2O3/c1-11(22-12-6-7-15-16(10-12)26-9-8-25-15)17(24)23-14-5-3-2-4-13(14)18(19,20)21/h2-7,10-11,22H,8-9H2,1H3,(H,23,24)/t11-/m0/s1. The number of fused-ring (bicyclic) bond motifs is 1. The van der Waals surface area contributed by atoms with E-state index in [-0.39, 0.29) is 5.69 Å². The van der Waals surface area contributed by atoms with E-state index in [2.05, 4.69) is 10.6 Å². The topological polar surface area (TPSA) is 59.6 Å². The van der Waals surface area contributed by atoms with Gasteiger partial charge in [0.25, 0.3) is 0 Å².